The Morgan fingerprint density at radius 3 is 2.67 bits per heavy atom. The van der Waals surface area contributed by atoms with Crippen molar-refractivity contribution in [2.45, 2.75) is 26.2 Å². The minimum Gasteiger partial charge on any atom is -0.456 e. The fourth-order valence-corrected chi connectivity index (χ4v) is 3.57. The van der Waals surface area contributed by atoms with Crippen LogP contribution in [0.2, 0.25) is 0 Å². The highest BCUT2D eigenvalue weighted by molar-refractivity contribution is 5.99. The highest BCUT2D eigenvalue weighted by Gasteiger charge is 2.22. The number of pyridine rings is 1. The number of nitrogens with zero attached hydrogens (tertiary/aromatic N) is 4. The van der Waals surface area contributed by atoms with Crippen LogP contribution in [0.4, 0.5) is 20.7 Å². The number of aromatic amines is 1. The van der Waals surface area contributed by atoms with E-state index in [4.69, 9.17) is 9.84 Å². The molecule has 0 aliphatic heterocycles. The fraction of sp³-hybridized carbons (Fsp3) is 0.154. The van der Waals surface area contributed by atoms with Crippen molar-refractivity contribution >= 4 is 28.4 Å². The first kappa shape index (κ1) is 23.0. The molecule has 0 unspecified atom stereocenters. The molecular weight excluding hydrogens is 461 g/mol. The van der Waals surface area contributed by atoms with Crippen molar-refractivity contribution in [2.75, 3.05) is 10.6 Å². The number of anilines is 2. The lowest BCUT2D eigenvalue weighted by molar-refractivity contribution is 0.262. The summed E-state index contributed by atoms with van der Waals surface area (Å²) in [5.41, 5.74) is 2.12. The second kappa shape index (κ2) is 9.14. The number of hydrogen-bond acceptors (Lipinski definition) is 5. The lowest BCUT2D eigenvalue weighted by Crippen LogP contribution is -2.22. The van der Waals surface area contributed by atoms with Gasteiger partial charge in [-0.1, -0.05) is 20.8 Å². The van der Waals surface area contributed by atoms with Crippen LogP contribution in [-0.4, -0.2) is 31.0 Å². The average molecular weight is 486 g/mol. The van der Waals surface area contributed by atoms with Crippen LogP contribution in [0.5, 0.6) is 11.5 Å². The minimum absolute atomic E-state index is 0.0317. The van der Waals surface area contributed by atoms with Gasteiger partial charge >= 0.3 is 6.03 Å². The van der Waals surface area contributed by atoms with Gasteiger partial charge in [-0.15, -0.1) is 0 Å². The number of carbonyl (C=O) groups is 1. The molecule has 2 aromatic carbocycles. The zero-order valence-corrected chi connectivity index (χ0v) is 19.9. The van der Waals surface area contributed by atoms with Crippen LogP contribution >= 0.6 is 0 Å². The Morgan fingerprint density at radius 2 is 1.89 bits per heavy atom. The minimum atomic E-state index is -0.626. The van der Waals surface area contributed by atoms with Crippen molar-refractivity contribution in [3.8, 4) is 17.2 Å². The number of ether oxygens (including phenoxy) is 1. The zero-order chi connectivity index (χ0) is 25.3. The largest absolute Gasteiger partial charge is 0.456 e. The second-order valence-corrected chi connectivity index (χ2v) is 9.23. The Morgan fingerprint density at radius 1 is 1.03 bits per heavy atom. The van der Waals surface area contributed by atoms with Crippen LogP contribution < -0.4 is 15.4 Å². The van der Waals surface area contributed by atoms with E-state index in [1.165, 1.54) is 24.4 Å². The molecule has 0 saturated carbocycles. The summed E-state index contributed by atoms with van der Waals surface area (Å²) in [6.45, 7) is 6.10. The first-order valence-electron chi connectivity index (χ1n) is 11.3. The maximum absolute atomic E-state index is 14.5. The van der Waals surface area contributed by atoms with Crippen LogP contribution in [0.1, 0.15) is 26.5 Å². The van der Waals surface area contributed by atoms with E-state index in [-0.39, 0.29) is 11.1 Å². The summed E-state index contributed by atoms with van der Waals surface area (Å²) in [6, 6.07) is 14.4. The number of urea groups is 1. The van der Waals surface area contributed by atoms with Gasteiger partial charge in [0.2, 0.25) is 0 Å². The van der Waals surface area contributed by atoms with Crippen LogP contribution in [0, 0.1) is 5.82 Å². The Kier molecular flexibility index (Phi) is 5.85. The number of benzene rings is 2. The number of fused-ring (bicyclic) bond motifs is 1. The summed E-state index contributed by atoms with van der Waals surface area (Å²) >= 11 is 0. The molecule has 3 N–H and O–H groups in total. The van der Waals surface area contributed by atoms with Gasteiger partial charge in [-0.05, 0) is 42.5 Å². The molecule has 36 heavy (non-hydrogen) atoms. The molecule has 0 radical (unpaired) electrons. The summed E-state index contributed by atoms with van der Waals surface area (Å²) < 4.78 is 21.8. The quantitative estimate of drug-likeness (QED) is 0.282. The number of nitrogens with one attached hydrogen (secondary N) is 3. The molecule has 3 heterocycles. The Bertz CT molecular complexity index is 1540. The number of hydrogen-bond donors (Lipinski definition) is 3. The molecular formula is C26H24FN7O2. The third kappa shape index (κ3) is 4.88. The third-order valence-electron chi connectivity index (χ3n) is 5.44. The van der Waals surface area contributed by atoms with Crippen LogP contribution in [0.15, 0.2) is 73.2 Å². The highest BCUT2D eigenvalue weighted by atomic mass is 19.1. The standard InChI is InChI=1S/C26H24FN7O2/c1-26(2,3)23-13-24(34(33-23)17-6-9-21-16(11-17)14-29-32-21)31-25(35)30-22-12-18(7-8-20(22)27)36-19-5-4-10-28-15-19/h4-15H,1-3H3,(H,29,32)(H2,30,31,35). The molecule has 0 fully saturated rings. The molecule has 3 aromatic heterocycles. The first-order valence-corrected chi connectivity index (χ1v) is 11.3. The van der Waals surface area contributed by atoms with Gasteiger partial charge in [0, 0.05) is 29.1 Å². The van der Waals surface area contributed by atoms with E-state index in [2.05, 4.69) is 25.8 Å². The lowest BCUT2D eigenvalue weighted by atomic mass is 9.92. The summed E-state index contributed by atoms with van der Waals surface area (Å²) in [5.74, 6) is 0.683. The molecule has 5 rings (SSSR count). The van der Waals surface area contributed by atoms with Crippen molar-refractivity contribution < 1.29 is 13.9 Å². The molecule has 182 valence electrons. The topological polar surface area (TPSA) is 110 Å². The summed E-state index contributed by atoms with van der Waals surface area (Å²) in [6.07, 6.45) is 4.88. The molecule has 0 atom stereocenters. The summed E-state index contributed by atoms with van der Waals surface area (Å²) in [4.78, 5) is 16.9. The van der Waals surface area contributed by atoms with Gasteiger partial charge < -0.3 is 10.1 Å². The predicted octanol–water partition coefficient (Wildman–Crippen LogP) is 6.02. The smallest absolute Gasteiger partial charge is 0.324 e. The van der Waals surface area contributed by atoms with Gasteiger partial charge in [0.15, 0.2) is 0 Å². The second-order valence-electron chi connectivity index (χ2n) is 9.23. The van der Waals surface area contributed by atoms with Gasteiger partial charge in [0.1, 0.15) is 23.1 Å². The van der Waals surface area contributed by atoms with Gasteiger partial charge in [-0.3, -0.25) is 15.4 Å². The third-order valence-corrected chi connectivity index (χ3v) is 5.44. The first-order chi connectivity index (χ1) is 17.3. The monoisotopic (exact) mass is 485 g/mol. The van der Waals surface area contributed by atoms with E-state index in [1.807, 2.05) is 39.0 Å². The summed E-state index contributed by atoms with van der Waals surface area (Å²) in [5, 5.41) is 18.0. The van der Waals surface area contributed by atoms with E-state index >= 15 is 0 Å². The van der Waals surface area contributed by atoms with Gasteiger partial charge in [-0.2, -0.15) is 10.2 Å². The number of H-pyrrole nitrogens is 1. The van der Waals surface area contributed by atoms with Gasteiger partial charge in [-0.25, -0.2) is 13.9 Å². The molecule has 0 spiro atoms. The zero-order valence-electron chi connectivity index (χ0n) is 19.9. The molecule has 0 aliphatic rings. The van der Waals surface area contributed by atoms with Gasteiger partial charge in [0.25, 0.3) is 0 Å². The number of amides is 2. The van der Waals surface area contributed by atoms with Crippen molar-refractivity contribution in [3.63, 3.8) is 0 Å². The van der Waals surface area contributed by atoms with Crippen LogP contribution in [0.3, 0.4) is 0 Å². The molecule has 9 nitrogen and oxygen atoms in total. The van der Waals surface area contributed by atoms with Crippen molar-refractivity contribution in [1.82, 2.24) is 25.0 Å². The van der Waals surface area contributed by atoms with Crippen molar-refractivity contribution in [3.05, 3.63) is 84.7 Å². The van der Waals surface area contributed by atoms with E-state index in [9.17, 15) is 9.18 Å². The Balaban J connectivity index is 1.40. The normalized spacial score (nSPS) is 11.4. The highest BCUT2D eigenvalue weighted by Crippen LogP contribution is 2.29. The van der Waals surface area contributed by atoms with E-state index in [0.717, 1.165) is 22.3 Å². The SMILES string of the molecule is CC(C)(C)c1cc(NC(=O)Nc2cc(Oc3cccnc3)ccc2F)n(-c2ccc3[nH]ncc3c2)n1. The van der Waals surface area contributed by atoms with Crippen molar-refractivity contribution in [2.24, 2.45) is 0 Å². The predicted molar refractivity (Wildman–Crippen MR) is 135 cm³/mol. The van der Waals surface area contributed by atoms with Crippen molar-refractivity contribution in [1.29, 1.82) is 0 Å². The van der Waals surface area contributed by atoms with E-state index in [0.29, 0.717) is 17.3 Å². The molecule has 0 saturated heterocycles. The maximum atomic E-state index is 14.5. The molecule has 0 aliphatic carbocycles. The summed E-state index contributed by atoms with van der Waals surface area (Å²) in [7, 11) is 0. The van der Waals surface area contributed by atoms with E-state index < -0.39 is 11.8 Å². The van der Waals surface area contributed by atoms with Crippen LogP contribution in [-0.2, 0) is 5.41 Å². The Hall–Kier alpha value is -4.73. The molecule has 5 aromatic rings. The number of aromatic nitrogens is 5. The molecule has 0 bridgehead atoms. The molecule has 10 heteroatoms. The average Bonchev–Trinajstić information content (AvgIpc) is 3.48. The molecule has 2 amide bonds. The van der Waals surface area contributed by atoms with Gasteiger partial charge in [0.05, 0.1) is 35.0 Å². The van der Waals surface area contributed by atoms with E-state index in [1.54, 1.807) is 35.3 Å². The lowest BCUT2D eigenvalue weighted by Gasteiger charge is -2.14. The number of halogens is 1. The van der Waals surface area contributed by atoms with Crippen LogP contribution in [0.25, 0.3) is 16.6 Å². The Labute approximate surface area is 206 Å². The number of rotatable bonds is 5. The maximum Gasteiger partial charge on any atom is 0.324 e. The number of carbonyl (C=O) groups excluding carboxylic acids is 1. The fourth-order valence-electron chi connectivity index (χ4n) is 3.57.